The van der Waals surface area contributed by atoms with Crippen molar-refractivity contribution in [3.8, 4) is 0 Å². The fourth-order valence-electron chi connectivity index (χ4n) is 1.81. The van der Waals surface area contributed by atoms with Gasteiger partial charge in [0.2, 0.25) is 0 Å². The molecular weight excluding hydrogens is 214 g/mol. The van der Waals surface area contributed by atoms with Crippen LogP contribution in [0.25, 0.3) is 0 Å². The Hall–Kier alpha value is 0.440. The molecule has 12 heavy (non-hydrogen) atoms. The van der Waals surface area contributed by atoms with Gasteiger partial charge in [-0.1, -0.05) is 42.6 Å². The molecule has 2 heteroatoms. The van der Waals surface area contributed by atoms with E-state index < -0.39 is 0 Å². The van der Waals surface area contributed by atoms with Crippen LogP contribution >= 0.6 is 15.9 Å². The highest BCUT2D eigenvalue weighted by molar-refractivity contribution is 9.09. The SMILES string of the molecule is CC(C)C(CBr)NC1CCCC1. The van der Waals surface area contributed by atoms with E-state index in [4.69, 9.17) is 0 Å². The Balaban J connectivity index is 2.26. The summed E-state index contributed by atoms with van der Waals surface area (Å²) in [5.41, 5.74) is 0. The first-order valence-electron chi connectivity index (χ1n) is 5.06. The molecule has 0 saturated heterocycles. The molecule has 0 amide bonds. The van der Waals surface area contributed by atoms with Gasteiger partial charge in [0, 0.05) is 17.4 Å². The van der Waals surface area contributed by atoms with Gasteiger partial charge in [0.1, 0.15) is 0 Å². The number of nitrogens with one attached hydrogen (secondary N) is 1. The lowest BCUT2D eigenvalue weighted by Crippen LogP contribution is -2.41. The Kier molecular flexibility index (Phi) is 4.59. The third kappa shape index (κ3) is 3.06. The molecule has 0 aliphatic heterocycles. The van der Waals surface area contributed by atoms with Gasteiger partial charge in [-0.3, -0.25) is 0 Å². The third-order valence-electron chi connectivity index (χ3n) is 2.78. The molecule has 0 bridgehead atoms. The van der Waals surface area contributed by atoms with Gasteiger partial charge in [-0.05, 0) is 18.8 Å². The molecule has 1 saturated carbocycles. The van der Waals surface area contributed by atoms with E-state index in [1.54, 1.807) is 0 Å². The standard InChI is InChI=1S/C10H20BrN/c1-8(2)10(7-11)12-9-5-3-4-6-9/h8-10,12H,3-7H2,1-2H3. The molecule has 1 N–H and O–H groups in total. The van der Waals surface area contributed by atoms with Crippen LogP contribution in [0.15, 0.2) is 0 Å². The van der Waals surface area contributed by atoms with Gasteiger partial charge in [0.25, 0.3) is 0 Å². The largest absolute Gasteiger partial charge is 0.310 e. The predicted octanol–water partition coefficient (Wildman–Crippen LogP) is 2.94. The monoisotopic (exact) mass is 233 g/mol. The molecule has 0 spiro atoms. The molecule has 1 aliphatic rings. The van der Waals surface area contributed by atoms with Crippen LogP contribution in [0.4, 0.5) is 0 Å². The Morgan fingerprint density at radius 1 is 1.33 bits per heavy atom. The molecule has 0 heterocycles. The van der Waals surface area contributed by atoms with Crippen LogP contribution in [-0.4, -0.2) is 17.4 Å². The van der Waals surface area contributed by atoms with Crippen molar-refractivity contribution >= 4 is 15.9 Å². The summed E-state index contributed by atoms with van der Waals surface area (Å²) in [6.45, 7) is 4.57. The summed E-state index contributed by atoms with van der Waals surface area (Å²) in [5.74, 6) is 0.741. The molecule has 1 unspecified atom stereocenters. The predicted molar refractivity (Wildman–Crippen MR) is 57.8 cm³/mol. The normalized spacial score (nSPS) is 22.0. The Morgan fingerprint density at radius 2 is 1.92 bits per heavy atom. The van der Waals surface area contributed by atoms with Crippen molar-refractivity contribution in [3.05, 3.63) is 0 Å². The summed E-state index contributed by atoms with van der Waals surface area (Å²) in [5, 5.41) is 4.80. The summed E-state index contributed by atoms with van der Waals surface area (Å²) in [7, 11) is 0. The summed E-state index contributed by atoms with van der Waals surface area (Å²) < 4.78 is 0. The summed E-state index contributed by atoms with van der Waals surface area (Å²) in [4.78, 5) is 0. The van der Waals surface area contributed by atoms with Crippen molar-refractivity contribution in [1.29, 1.82) is 0 Å². The fourth-order valence-corrected chi connectivity index (χ4v) is 2.74. The van der Waals surface area contributed by atoms with Crippen molar-refractivity contribution in [2.24, 2.45) is 5.92 Å². The molecule has 1 fully saturated rings. The van der Waals surface area contributed by atoms with Crippen LogP contribution in [0.2, 0.25) is 0 Å². The van der Waals surface area contributed by atoms with Gasteiger partial charge >= 0.3 is 0 Å². The molecule has 1 rings (SSSR count). The minimum atomic E-state index is 0.660. The van der Waals surface area contributed by atoms with Gasteiger partial charge in [0.15, 0.2) is 0 Å². The Morgan fingerprint density at radius 3 is 2.33 bits per heavy atom. The van der Waals surface area contributed by atoms with E-state index in [0.717, 1.165) is 17.3 Å². The second-order valence-corrected chi connectivity index (χ2v) is 4.80. The van der Waals surface area contributed by atoms with Crippen molar-refractivity contribution in [3.63, 3.8) is 0 Å². The highest BCUT2D eigenvalue weighted by Gasteiger charge is 2.19. The lowest BCUT2D eigenvalue weighted by atomic mass is 10.1. The quantitative estimate of drug-likeness (QED) is 0.737. The maximum absolute atomic E-state index is 3.72. The molecule has 72 valence electrons. The van der Waals surface area contributed by atoms with Gasteiger partial charge in [-0.25, -0.2) is 0 Å². The van der Waals surface area contributed by atoms with E-state index in [2.05, 4.69) is 35.1 Å². The number of halogens is 1. The number of hydrogen-bond donors (Lipinski definition) is 1. The molecule has 0 aromatic heterocycles. The van der Waals surface area contributed by atoms with Gasteiger partial charge in [-0.2, -0.15) is 0 Å². The van der Waals surface area contributed by atoms with Crippen molar-refractivity contribution in [2.45, 2.75) is 51.6 Å². The second-order valence-electron chi connectivity index (χ2n) is 4.15. The van der Waals surface area contributed by atoms with Crippen LogP contribution in [0.5, 0.6) is 0 Å². The van der Waals surface area contributed by atoms with Gasteiger partial charge in [0.05, 0.1) is 0 Å². The average Bonchev–Trinajstić information content (AvgIpc) is 2.51. The zero-order valence-corrected chi connectivity index (χ0v) is 9.73. The Labute approximate surface area is 84.4 Å². The van der Waals surface area contributed by atoms with Crippen LogP contribution in [0.3, 0.4) is 0 Å². The zero-order valence-electron chi connectivity index (χ0n) is 8.15. The van der Waals surface area contributed by atoms with Gasteiger partial charge in [-0.15, -0.1) is 0 Å². The average molecular weight is 234 g/mol. The van der Waals surface area contributed by atoms with Crippen LogP contribution in [0.1, 0.15) is 39.5 Å². The second kappa shape index (κ2) is 5.23. The van der Waals surface area contributed by atoms with E-state index in [0.29, 0.717) is 6.04 Å². The van der Waals surface area contributed by atoms with Crippen LogP contribution in [0, 0.1) is 5.92 Å². The maximum atomic E-state index is 3.72. The first-order chi connectivity index (χ1) is 5.74. The minimum absolute atomic E-state index is 0.660. The fraction of sp³-hybridized carbons (Fsp3) is 1.00. The van der Waals surface area contributed by atoms with E-state index >= 15 is 0 Å². The smallest absolute Gasteiger partial charge is 0.0190 e. The topological polar surface area (TPSA) is 12.0 Å². The van der Waals surface area contributed by atoms with Gasteiger partial charge < -0.3 is 5.32 Å². The van der Waals surface area contributed by atoms with Crippen LogP contribution < -0.4 is 5.32 Å². The Bertz CT molecular complexity index is 119. The lowest BCUT2D eigenvalue weighted by molar-refractivity contribution is 0.380. The molecular formula is C10H20BrN. The lowest BCUT2D eigenvalue weighted by Gasteiger charge is -2.24. The van der Waals surface area contributed by atoms with E-state index in [1.807, 2.05) is 0 Å². The van der Waals surface area contributed by atoms with E-state index in [-0.39, 0.29) is 0 Å². The summed E-state index contributed by atoms with van der Waals surface area (Å²) in [6, 6.07) is 1.46. The van der Waals surface area contributed by atoms with Crippen molar-refractivity contribution < 1.29 is 0 Å². The highest BCUT2D eigenvalue weighted by atomic mass is 79.9. The maximum Gasteiger partial charge on any atom is 0.0190 e. The number of alkyl halides is 1. The van der Waals surface area contributed by atoms with Crippen molar-refractivity contribution in [2.75, 3.05) is 5.33 Å². The molecule has 0 aromatic rings. The minimum Gasteiger partial charge on any atom is -0.310 e. The van der Waals surface area contributed by atoms with E-state index in [9.17, 15) is 0 Å². The van der Waals surface area contributed by atoms with Crippen molar-refractivity contribution in [1.82, 2.24) is 5.32 Å². The number of rotatable bonds is 4. The van der Waals surface area contributed by atoms with Crippen LogP contribution in [-0.2, 0) is 0 Å². The molecule has 1 nitrogen and oxygen atoms in total. The molecule has 0 radical (unpaired) electrons. The highest BCUT2D eigenvalue weighted by Crippen LogP contribution is 2.19. The third-order valence-corrected chi connectivity index (χ3v) is 3.47. The molecule has 1 atom stereocenters. The summed E-state index contributed by atoms with van der Waals surface area (Å²) in [6.07, 6.45) is 5.61. The molecule has 0 aromatic carbocycles. The number of hydrogen-bond acceptors (Lipinski definition) is 1. The van der Waals surface area contributed by atoms with E-state index in [1.165, 1.54) is 25.7 Å². The first-order valence-corrected chi connectivity index (χ1v) is 6.18. The molecule has 1 aliphatic carbocycles. The first kappa shape index (κ1) is 10.5. The summed E-state index contributed by atoms with van der Waals surface area (Å²) >= 11 is 3.56. The zero-order chi connectivity index (χ0) is 8.97.